The molecule has 0 saturated carbocycles. The van der Waals surface area contributed by atoms with Crippen molar-refractivity contribution in [1.82, 2.24) is 5.32 Å². The van der Waals surface area contributed by atoms with Crippen LogP contribution in [0, 0.1) is 5.92 Å². The molecule has 1 amide bonds. The van der Waals surface area contributed by atoms with Gasteiger partial charge in [0.25, 0.3) is 0 Å². The summed E-state index contributed by atoms with van der Waals surface area (Å²) in [7, 11) is 1.62. The van der Waals surface area contributed by atoms with Crippen LogP contribution >= 0.6 is 0 Å². The Balaban J connectivity index is 3.92. The third-order valence-electron chi connectivity index (χ3n) is 1.92. The lowest BCUT2D eigenvalue weighted by atomic mass is 10.0. The number of ether oxygens (including phenoxy) is 1. The van der Waals surface area contributed by atoms with E-state index in [9.17, 15) is 4.79 Å². The molecule has 0 aromatic heterocycles. The summed E-state index contributed by atoms with van der Waals surface area (Å²) in [6.45, 7) is 6.87. The molecule has 0 rings (SSSR count). The molecule has 0 spiro atoms. The maximum atomic E-state index is 11.5. The number of carbonyl (C=O) groups is 1. The summed E-state index contributed by atoms with van der Waals surface area (Å²) in [5.74, 6) is 0.262. The van der Waals surface area contributed by atoms with E-state index in [4.69, 9.17) is 10.5 Å². The van der Waals surface area contributed by atoms with Gasteiger partial charge in [-0.25, -0.2) is 0 Å². The van der Waals surface area contributed by atoms with Crippen LogP contribution in [-0.2, 0) is 9.53 Å². The molecule has 14 heavy (non-hydrogen) atoms. The van der Waals surface area contributed by atoms with Crippen LogP contribution in [0.5, 0.6) is 0 Å². The average molecular weight is 202 g/mol. The molecule has 3 N–H and O–H groups in total. The van der Waals surface area contributed by atoms with Gasteiger partial charge in [0.05, 0.1) is 12.1 Å². The fraction of sp³-hybridized carbons (Fsp3) is 0.900. The van der Waals surface area contributed by atoms with Crippen molar-refractivity contribution < 1.29 is 9.53 Å². The molecule has 0 bridgehead atoms. The van der Waals surface area contributed by atoms with Crippen LogP contribution in [0.25, 0.3) is 0 Å². The van der Waals surface area contributed by atoms with Gasteiger partial charge in [-0.1, -0.05) is 6.92 Å². The van der Waals surface area contributed by atoms with Gasteiger partial charge in [-0.3, -0.25) is 4.79 Å². The third kappa shape index (κ3) is 5.94. The Morgan fingerprint density at radius 2 is 2.14 bits per heavy atom. The highest BCUT2D eigenvalue weighted by atomic mass is 16.5. The van der Waals surface area contributed by atoms with Crippen LogP contribution in [-0.4, -0.2) is 31.7 Å². The zero-order valence-corrected chi connectivity index (χ0v) is 9.59. The molecular weight excluding hydrogens is 180 g/mol. The SMILES string of the molecule is COCC(C)(C)NC(=O)CC(C)CN. The minimum absolute atomic E-state index is 0.0324. The Kier molecular flexibility index (Phi) is 5.72. The second kappa shape index (κ2) is 5.98. The summed E-state index contributed by atoms with van der Waals surface area (Å²) < 4.78 is 5.00. The van der Waals surface area contributed by atoms with Gasteiger partial charge in [0.15, 0.2) is 0 Å². The monoisotopic (exact) mass is 202 g/mol. The predicted molar refractivity (Wildman–Crippen MR) is 56.9 cm³/mol. The van der Waals surface area contributed by atoms with E-state index in [1.807, 2.05) is 20.8 Å². The van der Waals surface area contributed by atoms with Crippen LogP contribution in [0.4, 0.5) is 0 Å². The van der Waals surface area contributed by atoms with Gasteiger partial charge >= 0.3 is 0 Å². The quantitative estimate of drug-likeness (QED) is 0.659. The number of nitrogens with one attached hydrogen (secondary N) is 1. The maximum absolute atomic E-state index is 11.5. The van der Waals surface area contributed by atoms with E-state index in [1.165, 1.54) is 0 Å². The molecule has 0 saturated heterocycles. The highest BCUT2D eigenvalue weighted by Gasteiger charge is 2.20. The Morgan fingerprint density at radius 1 is 1.57 bits per heavy atom. The van der Waals surface area contributed by atoms with Crippen molar-refractivity contribution in [2.24, 2.45) is 11.7 Å². The number of hydrogen-bond acceptors (Lipinski definition) is 3. The van der Waals surface area contributed by atoms with Crippen LogP contribution in [0.1, 0.15) is 27.2 Å². The number of amides is 1. The summed E-state index contributed by atoms with van der Waals surface area (Å²) in [5.41, 5.74) is 5.13. The van der Waals surface area contributed by atoms with Crippen LogP contribution in [0.2, 0.25) is 0 Å². The lowest BCUT2D eigenvalue weighted by Crippen LogP contribution is -2.47. The average Bonchev–Trinajstić information content (AvgIpc) is 2.02. The summed E-state index contributed by atoms with van der Waals surface area (Å²) in [4.78, 5) is 11.5. The Bertz CT molecular complexity index is 181. The number of hydrogen-bond donors (Lipinski definition) is 2. The molecule has 1 unspecified atom stereocenters. The Labute approximate surface area is 86.2 Å². The molecule has 1 atom stereocenters. The number of nitrogens with two attached hydrogens (primary N) is 1. The summed E-state index contributed by atoms with van der Waals surface area (Å²) in [6.07, 6.45) is 0.476. The van der Waals surface area contributed by atoms with E-state index in [-0.39, 0.29) is 17.4 Å². The Hall–Kier alpha value is -0.610. The molecule has 0 radical (unpaired) electrons. The molecule has 84 valence electrons. The van der Waals surface area contributed by atoms with E-state index < -0.39 is 0 Å². The molecule has 0 aliphatic carbocycles. The van der Waals surface area contributed by atoms with Crippen molar-refractivity contribution in [3.05, 3.63) is 0 Å². The first-order valence-electron chi connectivity index (χ1n) is 4.91. The molecule has 4 heteroatoms. The number of rotatable bonds is 6. The first kappa shape index (κ1) is 13.4. The number of methoxy groups -OCH3 is 1. The molecule has 0 heterocycles. The predicted octanol–water partition coefficient (Wildman–Crippen LogP) is 0.513. The minimum Gasteiger partial charge on any atom is -0.382 e. The van der Waals surface area contributed by atoms with Crippen molar-refractivity contribution in [3.8, 4) is 0 Å². The third-order valence-corrected chi connectivity index (χ3v) is 1.92. The summed E-state index contributed by atoms with van der Waals surface area (Å²) in [6, 6.07) is 0. The molecule has 4 nitrogen and oxygen atoms in total. The van der Waals surface area contributed by atoms with Crippen LogP contribution < -0.4 is 11.1 Å². The normalized spacial score (nSPS) is 13.8. The summed E-state index contributed by atoms with van der Waals surface area (Å²) in [5, 5.41) is 2.90. The number of carbonyl (C=O) groups excluding carboxylic acids is 1. The zero-order valence-electron chi connectivity index (χ0n) is 9.59. The fourth-order valence-electron chi connectivity index (χ4n) is 1.23. The van der Waals surface area contributed by atoms with Crippen molar-refractivity contribution in [1.29, 1.82) is 0 Å². The molecular formula is C10H22N2O2. The first-order chi connectivity index (χ1) is 6.41. The van der Waals surface area contributed by atoms with Gasteiger partial charge in [-0.15, -0.1) is 0 Å². The molecule has 0 aromatic carbocycles. The van der Waals surface area contributed by atoms with Gasteiger partial charge in [-0.2, -0.15) is 0 Å². The van der Waals surface area contributed by atoms with Crippen molar-refractivity contribution >= 4 is 5.91 Å². The maximum Gasteiger partial charge on any atom is 0.220 e. The first-order valence-corrected chi connectivity index (χ1v) is 4.91. The van der Waals surface area contributed by atoms with Gasteiger partial charge in [0, 0.05) is 13.5 Å². The van der Waals surface area contributed by atoms with Gasteiger partial charge < -0.3 is 15.8 Å². The van der Waals surface area contributed by atoms with Gasteiger partial charge in [0.1, 0.15) is 0 Å². The largest absolute Gasteiger partial charge is 0.382 e. The van der Waals surface area contributed by atoms with E-state index in [2.05, 4.69) is 5.32 Å². The van der Waals surface area contributed by atoms with E-state index in [0.29, 0.717) is 19.6 Å². The second-order valence-electron chi connectivity index (χ2n) is 4.41. The minimum atomic E-state index is -0.305. The van der Waals surface area contributed by atoms with E-state index >= 15 is 0 Å². The highest BCUT2D eigenvalue weighted by molar-refractivity contribution is 5.76. The lowest BCUT2D eigenvalue weighted by Gasteiger charge is -2.25. The van der Waals surface area contributed by atoms with E-state index in [0.717, 1.165) is 0 Å². The molecule has 0 aliphatic rings. The smallest absolute Gasteiger partial charge is 0.220 e. The summed E-state index contributed by atoms with van der Waals surface area (Å²) >= 11 is 0. The van der Waals surface area contributed by atoms with Gasteiger partial charge in [-0.05, 0) is 26.3 Å². The molecule has 0 fully saturated rings. The van der Waals surface area contributed by atoms with Crippen LogP contribution in [0.15, 0.2) is 0 Å². The fourth-order valence-corrected chi connectivity index (χ4v) is 1.23. The van der Waals surface area contributed by atoms with Crippen molar-refractivity contribution in [2.75, 3.05) is 20.3 Å². The second-order valence-corrected chi connectivity index (χ2v) is 4.41. The van der Waals surface area contributed by atoms with Gasteiger partial charge in [0.2, 0.25) is 5.91 Å². The zero-order chi connectivity index (χ0) is 11.2. The van der Waals surface area contributed by atoms with Crippen LogP contribution in [0.3, 0.4) is 0 Å². The molecule has 0 aromatic rings. The van der Waals surface area contributed by atoms with Crippen molar-refractivity contribution in [2.45, 2.75) is 32.7 Å². The highest BCUT2D eigenvalue weighted by Crippen LogP contribution is 2.05. The van der Waals surface area contributed by atoms with E-state index in [1.54, 1.807) is 7.11 Å². The van der Waals surface area contributed by atoms with Crippen molar-refractivity contribution in [3.63, 3.8) is 0 Å². The topological polar surface area (TPSA) is 64.3 Å². The Morgan fingerprint density at radius 3 is 2.57 bits per heavy atom. The lowest BCUT2D eigenvalue weighted by molar-refractivity contribution is -0.124. The standard InChI is InChI=1S/C10H22N2O2/c1-8(6-11)5-9(13)12-10(2,3)7-14-4/h8H,5-7,11H2,1-4H3,(H,12,13). The molecule has 0 aliphatic heterocycles.